The van der Waals surface area contributed by atoms with Gasteiger partial charge in [-0.25, -0.2) is 8.42 Å². The van der Waals surface area contributed by atoms with Gasteiger partial charge in [0.05, 0.1) is 19.1 Å². The fourth-order valence-corrected chi connectivity index (χ4v) is 5.41. The number of nitrogens with one attached hydrogen (secondary N) is 1. The number of nitrogens with zero attached hydrogens (tertiary/aromatic N) is 2. The molecule has 2 aromatic carbocycles. The molecular weight excluding hydrogens is 506 g/mol. The van der Waals surface area contributed by atoms with Crippen molar-refractivity contribution in [3.63, 3.8) is 0 Å². The summed E-state index contributed by atoms with van der Waals surface area (Å²) in [5, 5.41) is 3.07. The van der Waals surface area contributed by atoms with Crippen molar-refractivity contribution in [1.82, 2.24) is 10.2 Å². The number of hydrogen-bond acceptors (Lipinski definition) is 6. The molecule has 0 aromatic heterocycles. The molecule has 1 saturated carbocycles. The van der Waals surface area contributed by atoms with Gasteiger partial charge in [-0.1, -0.05) is 43.5 Å². The Morgan fingerprint density at radius 1 is 1.05 bits per heavy atom. The van der Waals surface area contributed by atoms with E-state index in [1.807, 2.05) is 0 Å². The SMILES string of the molecule is COc1ccc(CN(C(=O)CN(c2cccc(C(C)=O)c2)S(C)(=O)=O)[C@H](C)C(=O)NC2CCCCC2)cc1. The highest BCUT2D eigenvalue weighted by Gasteiger charge is 2.31. The summed E-state index contributed by atoms with van der Waals surface area (Å²) >= 11 is 0. The van der Waals surface area contributed by atoms with Crippen LogP contribution in [0.3, 0.4) is 0 Å². The number of anilines is 1. The highest BCUT2D eigenvalue weighted by atomic mass is 32.2. The smallest absolute Gasteiger partial charge is 0.244 e. The molecule has 1 fully saturated rings. The Kier molecular flexibility index (Phi) is 9.90. The molecule has 1 aliphatic rings. The predicted octanol–water partition coefficient (Wildman–Crippen LogP) is 3.53. The second kappa shape index (κ2) is 12.9. The van der Waals surface area contributed by atoms with Gasteiger partial charge in [0, 0.05) is 18.2 Å². The lowest BCUT2D eigenvalue weighted by molar-refractivity contribution is -0.139. The van der Waals surface area contributed by atoms with Crippen LogP contribution < -0.4 is 14.4 Å². The lowest BCUT2D eigenvalue weighted by atomic mass is 9.95. The molecule has 2 amide bonds. The zero-order valence-corrected chi connectivity index (χ0v) is 23.3. The van der Waals surface area contributed by atoms with Crippen LogP contribution in [0.15, 0.2) is 48.5 Å². The Morgan fingerprint density at radius 2 is 1.71 bits per heavy atom. The Morgan fingerprint density at radius 3 is 2.29 bits per heavy atom. The molecular formula is C28H37N3O6S. The molecule has 0 unspecified atom stereocenters. The first-order valence-corrected chi connectivity index (χ1v) is 14.7. The van der Waals surface area contributed by atoms with E-state index in [2.05, 4.69) is 5.32 Å². The van der Waals surface area contributed by atoms with Crippen LogP contribution in [0.4, 0.5) is 5.69 Å². The molecule has 2 aromatic rings. The molecule has 0 heterocycles. The molecule has 0 saturated heterocycles. The zero-order chi connectivity index (χ0) is 27.9. The summed E-state index contributed by atoms with van der Waals surface area (Å²) in [6, 6.07) is 12.5. The van der Waals surface area contributed by atoms with Crippen LogP contribution in [0.25, 0.3) is 0 Å². The second-order valence-corrected chi connectivity index (χ2v) is 11.7. The Bertz CT molecular complexity index is 1240. The third kappa shape index (κ3) is 7.80. The van der Waals surface area contributed by atoms with Crippen molar-refractivity contribution in [3.05, 3.63) is 59.7 Å². The minimum Gasteiger partial charge on any atom is -0.497 e. The molecule has 1 N–H and O–H groups in total. The number of ether oxygens (including phenoxy) is 1. The number of sulfonamides is 1. The highest BCUT2D eigenvalue weighted by Crippen LogP contribution is 2.22. The molecule has 0 aliphatic heterocycles. The minimum atomic E-state index is -3.88. The normalized spacial score (nSPS) is 14.8. The van der Waals surface area contributed by atoms with E-state index in [1.165, 1.54) is 24.0 Å². The topological polar surface area (TPSA) is 113 Å². The first-order valence-electron chi connectivity index (χ1n) is 12.8. The van der Waals surface area contributed by atoms with E-state index in [1.54, 1.807) is 50.4 Å². The second-order valence-electron chi connectivity index (χ2n) is 9.77. The van der Waals surface area contributed by atoms with Crippen molar-refractivity contribution >= 4 is 33.3 Å². The van der Waals surface area contributed by atoms with Gasteiger partial charge in [-0.3, -0.25) is 18.7 Å². The van der Waals surface area contributed by atoms with Crippen molar-refractivity contribution in [2.24, 2.45) is 0 Å². The number of ketones is 1. The standard InChI is InChI=1S/C28H37N3O6S/c1-20(28(34)29-24-10-6-5-7-11-24)30(18-22-13-15-26(37-3)16-14-22)27(33)19-31(38(4,35)36)25-12-8-9-23(17-25)21(2)32/h8-9,12-17,20,24H,5-7,10-11,18-19H2,1-4H3,(H,29,34)/t20-/m1/s1. The van der Waals surface area contributed by atoms with Gasteiger partial charge in [0.25, 0.3) is 0 Å². The number of rotatable bonds is 11. The lowest BCUT2D eigenvalue weighted by Gasteiger charge is -2.33. The Labute approximate surface area is 225 Å². The van der Waals surface area contributed by atoms with Crippen LogP contribution in [-0.4, -0.2) is 62.9 Å². The minimum absolute atomic E-state index is 0.0680. The third-order valence-corrected chi connectivity index (χ3v) is 7.99. The van der Waals surface area contributed by atoms with Crippen molar-refractivity contribution in [1.29, 1.82) is 0 Å². The summed E-state index contributed by atoms with van der Waals surface area (Å²) in [7, 11) is -2.32. The van der Waals surface area contributed by atoms with E-state index < -0.39 is 28.5 Å². The first-order chi connectivity index (χ1) is 18.0. The average molecular weight is 544 g/mol. The van der Waals surface area contributed by atoms with Gasteiger partial charge in [-0.15, -0.1) is 0 Å². The summed E-state index contributed by atoms with van der Waals surface area (Å²) in [5.74, 6) is -0.377. The molecule has 3 rings (SSSR count). The summed E-state index contributed by atoms with van der Waals surface area (Å²) in [5.41, 5.74) is 1.30. The zero-order valence-electron chi connectivity index (χ0n) is 22.5. The monoisotopic (exact) mass is 543 g/mol. The van der Waals surface area contributed by atoms with Crippen LogP contribution in [0.1, 0.15) is 61.9 Å². The molecule has 0 spiro atoms. The fourth-order valence-electron chi connectivity index (χ4n) is 4.57. The molecule has 9 nitrogen and oxygen atoms in total. The number of benzene rings is 2. The predicted molar refractivity (Wildman–Crippen MR) is 147 cm³/mol. The molecule has 0 radical (unpaired) electrons. The van der Waals surface area contributed by atoms with Gasteiger partial charge in [0.15, 0.2) is 5.78 Å². The quantitative estimate of drug-likeness (QED) is 0.434. The van der Waals surface area contributed by atoms with Gasteiger partial charge < -0.3 is 15.0 Å². The first kappa shape index (κ1) is 29.2. The van der Waals surface area contributed by atoms with Crippen LogP contribution in [-0.2, 0) is 26.2 Å². The van der Waals surface area contributed by atoms with Crippen molar-refractivity contribution < 1.29 is 27.5 Å². The largest absolute Gasteiger partial charge is 0.497 e. The van der Waals surface area contributed by atoms with Crippen LogP contribution in [0.2, 0.25) is 0 Å². The van der Waals surface area contributed by atoms with E-state index >= 15 is 0 Å². The summed E-state index contributed by atoms with van der Waals surface area (Å²) in [6.45, 7) is 2.63. The average Bonchev–Trinajstić information content (AvgIpc) is 2.90. The maximum absolute atomic E-state index is 13.7. The molecule has 10 heteroatoms. The maximum Gasteiger partial charge on any atom is 0.244 e. The van der Waals surface area contributed by atoms with Gasteiger partial charge >= 0.3 is 0 Å². The van der Waals surface area contributed by atoms with Gasteiger partial charge in [0.1, 0.15) is 18.3 Å². The molecule has 206 valence electrons. The highest BCUT2D eigenvalue weighted by molar-refractivity contribution is 7.92. The number of amides is 2. The fraction of sp³-hybridized carbons (Fsp3) is 0.464. The lowest BCUT2D eigenvalue weighted by Crippen LogP contribution is -2.53. The summed E-state index contributed by atoms with van der Waals surface area (Å²) < 4.78 is 31.7. The van der Waals surface area contributed by atoms with E-state index in [9.17, 15) is 22.8 Å². The molecule has 0 bridgehead atoms. The molecule has 38 heavy (non-hydrogen) atoms. The number of carbonyl (C=O) groups is 3. The van der Waals surface area contributed by atoms with Crippen molar-refractivity contribution in [2.45, 2.75) is 64.6 Å². The number of methoxy groups -OCH3 is 1. The van der Waals surface area contributed by atoms with Crippen LogP contribution in [0.5, 0.6) is 5.75 Å². The van der Waals surface area contributed by atoms with Crippen molar-refractivity contribution in [2.75, 3.05) is 24.2 Å². The number of carbonyl (C=O) groups excluding carboxylic acids is 3. The third-order valence-electron chi connectivity index (χ3n) is 6.85. The Balaban J connectivity index is 1.89. The van der Waals surface area contributed by atoms with Crippen LogP contribution in [0, 0.1) is 0 Å². The summed E-state index contributed by atoms with van der Waals surface area (Å²) in [6.07, 6.45) is 6.06. The number of hydrogen-bond donors (Lipinski definition) is 1. The summed E-state index contributed by atoms with van der Waals surface area (Å²) in [4.78, 5) is 40.2. The van der Waals surface area contributed by atoms with E-state index in [-0.39, 0.29) is 30.0 Å². The van der Waals surface area contributed by atoms with Crippen LogP contribution >= 0.6 is 0 Å². The van der Waals surface area contributed by atoms with E-state index in [0.29, 0.717) is 11.3 Å². The molecule has 1 aliphatic carbocycles. The van der Waals surface area contributed by atoms with Crippen molar-refractivity contribution in [3.8, 4) is 5.75 Å². The van der Waals surface area contributed by atoms with E-state index in [0.717, 1.165) is 48.2 Å². The Hall–Kier alpha value is -3.40. The maximum atomic E-state index is 13.7. The van der Waals surface area contributed by atoms with Gasteiger partial charge in [-0.05, 0) is 56.5 Å². The van der Waals surface area contributed by atoms with E-state index in [4.69, 9.17) is 4.74 Å². The van der Waals surface area contributed by atoms with Gasteiger partial charge in [-0.2, -0.15) is 0 Å². The number of Topliss-reactive ketones (excluding diaryl/α,β-unsaturated/α-hetero) is 1. The van der Waals surface area contributed by atoms with Gasteiger partial charge in [0.2, 0.25) is 21.8 Å². The molecule has 1 atom stereocenters.